The minimum Gasteiger partial charge on any atom is -0.494 e. The van der Waals surface area contributed by atoms with Gasteiger partial charge in [-0.3, -0.25) is 4.79 Å². The van der Waals surface area contributed by atoms with Gasteiger partial charge in [-0.05, 0) is 42.8 Å². The Bertz CT molecular complexity index is 1260. The lowest BCUT2D eigenvalue weighted by Gasteiger charge is -2.28. The van der Waals surface area contributed by atoms with E-state index < -0.39 is 9.84 Å². The van der Waals surface area contributed by atoms with E-state index in [1.165, 1.54) is 6.26 Å². The summed E-state index contributed by atoms with van der Waals surface area (Å²) in [6, 6.07) is 16.0. The highest BCUT2D eigenvalue weighted by Crippen LogP contribution is 2.24. The monoisotopic (exact) mass is 483 g/mol. The van der Waals surface area contributed by atoms with Crippen LogP contribution in [0.1, 0.15) is 16.8 Å². The number of carbonyl (C=O) groups is 1. The van der Waals surface area contributed by atoms with E-state index in [4.69, 9.17) is 14.5 Å². The molecular formula is C25H29N3O5S. The molecule has 9 heteroatoms. The fourth-order valence-corrected chi connectivity index (χ4v) is 4.49. The third kappa shape index (κ3) is 5.66. The molecule has 34 heavy (non-hydrogen) atoms. The van der Waals surface area contributed by atoms with Crippen LogP contribution in [0.4, 0.5) is 5.82 Å². The van der Waals surface area contributed by atoms with Gasteiger partial charge in [0.15, 0.2) is 9.84 Å². The summed E-state index contributed by atoms with van der Waals surface area (Å²) in [4.78, 5) is 22.1. The van der Waals surface area contributed by atoms with Crippen LogP contribution in [-0.4, -0.2) is 77.0 Å². The zero-order chi connectivity index (χ0) is 24.1. The van der Waals surface area contributed by atoms with E-state index in [-0.39, 0.29) is 10.8 Å². The standard InChI is InChI=1S/C25H29N3O5S/c1-27(12-5-15-33-19-8-10-20(11-9-19)34(2,30)31)24-18-22(21-6-3-4-7-23(21)26-24)25(29)28-13-16-32-17-14-28/h3-4,6-11,18H,5,12-17H2,1-2H3. The van der Waals surface area contributed by atoms with Crippen molar-refractivity contribution in [3.63, 3.8) is 0 Å². The zero-order valence-corrected chi connectivity index (χ0v) is 20.3. The first kappa shape index (κ1) is 24.0. The van der Waals surface area contributed by atoms with Crippen molar-refractivity contribution in [2.45, 2.75) is 11.3 Å². The number of sulfone groups is 1. The molecule has 1 aromatic heterocycles. The summed E-state index contributed by atoms with van der Waals surface area (Å²) in [6.07, 6.45) is 1.91. The lowest BCUT2D eigenvalue weighted by atomic mass is 10.1. The lowest BCUT2D eigenvalue weighted by Crippen LogP contribution is -2.40. The highest BCUT2D eigenvalue weighted by atomic mass is 32.2. The number of hydrogen-bond acceptors (Lipinski definition) is 7. The molecule has 0 N–H and O–H groups in total. The maximum atomic E-state index is 13.3. The van der Waals surface area contributed by atoms with Crippen LogP contribution < -0.4 is 9.64 Å². The second-order valence-corrected chi connectivity index (χ2v) is 10.3. The fraction of sp³-hybridized carbons (Fsp3) is 0.360. The number of anilines is 1. The Hall–Kier alpha value is -3.17. The first-order chi connectivity index (χ1) is 16.3. The zero-order valence-electron chi connectivity index (χ0n) is 19.4. The number of nitrogens with zero attached hydrogens (tertiary/aromatic N) is 3. The fourth-order valence-electron chi connectivity index (χ4n) is 3.86. The first-order valence-electron chi connectivity index (χ1n) is 11.2. The predicted molar refractivity (Wildman–Crippen MR) is 131 cm³/mol. The van der Waals surface area contributed by atoms with Gasteiger partial charge in [0.1, 0.15) is 11.6 Å². The molecule has 1 aliphatic rings. The molecule has 0 radical (unpaired) electrons. The number of ether oxygens (including phenoxy) is 2. The van der Waals surface area contributed by atoms with Gasteiger partial charge in [0.05, 0.1) is 35.8 Å². The van der Waals surface area contributed by atoms with Crippen molar-refractivity contribution in [3.05, 3.63) is 60.2 Å². The van der Waals surface area contributed by atoms with Gasteiger partial charge in [0.25, 0.3) is 5.91 Å². The molecule has 0 aliphatic carbocycles. The molecule has 2 aromatic carbocycles. The smallest absolute Gasteiger partial charge is 0.254 e. The quantitative estimate of drug-likeness (QED) is 0.455. The molecule has 180 valence electrons. The Morgan fingerprint density at radius 2 is 1.82 bits per heavy atom. The van der Waals surface area contributed by atoms with Gasteiger partial charge in [0, 0.05) is 38.3 Å². The molecule has 0 unspecified atom stereocenters. The molecule has 2 heterocycles. The minimum atomic E-state index is -3.22. The average Bonchev–Trinajstić information content (AvgIpc) is 2.85. The summed E-state index contributed by atoms with van der Waals surface area (Å²) in [5.41, 5.74) is 1.43. The van der Waals surface area contributed by atoms with Crippen LogP contribution >= 0.6 is 0 Å². The molecule has 0 spiro atoms. The second kappa shape index (κ2) is 10.4. The number of hydrogen-bond donors (Lipinski definition) is 0. The molecule has 0 bridgehead atoms. The summed E-state index contributed by atoms with van der Waals surface area (Å²) in [7, 11) is -1.28. The molecule has 1 saturated heterocycles. The summed E-state index contributed by atoms with van der Waals surface area (Å²) in [5, 5.41) is 0.844. The van der Waals surface area contributed by atoms with E-state index in [1.54, 1.807) is 24.3 Å². The summed E-state index contributed by atoms with van der Waals surface area (Å²) < 4.78 is 34.3. The lowest BCUT2D eigenvalue weighted by molar-refractivity contribution is 0.0304. The van der Waals surface area contributed by atoms with Gasteiger partial charge in [-0.1, -0.05) is 18.2 Å². The number of fused-ring (bicyclic) bond motifs is 1. The summed E-state index contributed by atoms with van der Waals surface area (Å²) in [5.74, 6) is 1.35. The number of aromatic nitrogens is 1. The number of amides is 1. The molecule has 1 fully saturated rings. The minimum absolute atomic E-state index is 0.00239. The van der Waals surface area contributed by atoms with Crippen molar-refractivity contribution in [2.75, 3.05) is 57.7 Å². The van der Waals surface area contributed by atoms with E-state index in [9.17, 15) is 13.2 Å². The molecule has 8 nitrogen and oxygen atoms in total. The molecule has 1 amide bonds. The Balaban J connectivity index is 1.42. The Kier molecular flexibility index (Phi) is 7.33. The number of benzene rings is 2. The van der Waals surface area contributed by atoms with Crippen LogP contribution in [0.5, 0.6) is 5.75 Å². The average molecular weight is 484 g/mol. The molecular weight excluding hydrogens is 454 g/mol. The van der Waals surface area contributed by atoms with Gasteiger partial charge < -0.3 is 19.3 Å². The number of morpholine rings is 1. The number of rotatable bonds is 8. The second-order valence-electron chi connectivity index (χ2n) is 8.32. The Morgan fingerprint density at radius 3 is 2.53 bits per heavy atom. The molecule has 0 atom stereocenters. The highest BCUT2D eigenvalue weighted by Gasteiger charge is 2.22. The Labute approximate surface area is 200 Å². The predicted octanol–water partition coefficient (Wildman–Crippen LogP) is 3.02. The van der Waals surface area contributed by atoms with Crippen LogP contribution in [0.2, 0.25) is 0 Å². The van der Waals surface area contributed by atoms with Gasteiger partial charge in [-0.2, -0.15) is 0 Å². The van der Waals surface area contributed by atoms with Crippen LogP contribution in [0.15, 0.2) is 59.5 Å². The summed E-state index contributed by atoms with van der Waals surface area (Å²) >= 11 is 0. The highest BCUT2D eigenvalue weighted by molar-refractivity contribution is 7.90. The van der Waals surface area contributed by atoms with E-state index in [0.29, 0.717) is 50.8 Å². The molecule has 3 aromatic rings. The number of para-hydroxylation sites is 1. The van der Waals surface area contributed by atoms with Crippen molar-refractivity contribution >= 4 is 32.5 Å². The van der Waals surface area contributed by atoms with E-state index in [1.807, 2.05) is 47.2 Å². The number of carbonyl (C=O) groups excluding carboxylic acids is 1. The van der Waals surface area contributed by atoms with Gasteiger partial charge in [-0.25, -0.2) is 13.4 Å². The van der Waals surface area contributed by atoms with Gasteiger partial charge in [0.2, 0.25) is 0 Å². The van der Waals surface area contributed by atoms with Crippen LogP contribution in [0.25, 0.3) is 10.9 Å². The van der Waals surface area contributed by atoms with Crippen molar-refractivity contribution in [1.82, 2.24) is 9.88 Å². The van der Waals surface area contributed by atoms with Crippen LogP contribution in [-0.2, 0) is 14.6 Å². The number of pyridine rings is 1. The normalized spacial score (nSPS) is 14.2. The molecule has 1 aliphatic heterocycles. The topological polar surface area (TPSA) is 89.0 Å². The third-order valence-corrected chi connectivity index (χ3v) is 6.91. The van der Waals surface area contributed by atoms with Gasteiger partial charge >= 0.3 is 0 Å². The van der Waals surface area contributed by atoms with E-state index in [0.717, 1.165) is 23.1 Å². The Morgan fingerprint density at radius 1 is 1.12 bits per heavy atom. The maximum absolute atomic E-state index is 13.3. The molecule has 0 saturated carbocycles. The maximum Gasteiger partial charge on any atom is 0.254 e. The van der Waals surface area contributed by atoms with Crippen LogP contribution in [0, 0.1) is 0 Å². The van der Waals surface area contributed by atoms with E-state index in [2.05, 4.69) is 0 Å². The SMILES string of the molecule is CN(CCCOc1ccc(S(C)(=O)=O)cc1)c1cc(C(=O)N2CCOCC2)c2ccccc2n1. The van der Waals surface area contributed by atoms with Crippen molar-refractivity contribution in [2.24, 2.45) is 0 Å². The van der Waals surface area contributed by atoms with Crippen molar-refractivity contribution < 1.29 is 22.7 Å². The molecule has 4 rings (SSSR count). The largest absolute Gasteiger partial charge is 0.494 e. The van der Waals surface area contributed by atoms with Crippen LogP contribution in [0.3, 0.4) is 0 Å². The van der Waals surface area contributed by atoms with Crippen molar-refractivity contribution in [3.8, 4) is 5.75 Å². The van der Waals surface area contributed by atoms with Gasteiger partial charge in [-0.15, -0.1) is 0 Å². The first-order valence-corrected chi connectivity index (χ1v) is 13.1. The van der Waals surface area contributed by atoms with Crippen molar-refractivity contribution in [1.29, 1.82) is 0 Å². The third-order valence-electron chi connectivity index (χ3n) is 5.78. The summed E-state index contributed by atoms with van der Waals surface area (Å²) in [6.45, 7) is 3.43. The van der Waals surface area contributed by atoms with E-state index >= 15 is 0 Å².